The maximum Gasteiger partial charge on any atom is 0.258 e. The monoisotopic (exact) mass is 470 g/mol. The molecule has 5 atom stereocenters. The molecule has 0 saturated carbocycles. The molecule has 34 heavy (non-hydrogen) atoms. The van der Waals surface area contributed by atoms with Gasteiger partial charge in [0.1, 0.15) is 48.6 Å². The molecule has 2 aromatic carbocycles. The summed E-state index contributed by atoms with van der Waals surface area (Å²) >= 11 is 0. The molecule has 2 aliphatic heterocycles. The lowest BCUT2D eigenvalue weighted by Crippen LogP contribution is -2.55. The molecular formula is C24H26N2O8. The number of hydrogen-bond acceptors (Lipinski definition) is 10. The Labute approximate surface area is 195 Å². The van der Waals surface area contributed by atoms with Crippen molar-refractivity contribution >= 4 is 5.69 Å². The molecule has 10 heteroatoms. The lowest BCUT2D eigenvalue weighted by atomic mass is 9.90. The number of aliphatic hydroxyl groups is 4. The van der Waals surface area contributed by atoms with Crippen LogP contribution < -0.4 is 14.8 Å². The van der Waals surface area contributed by atoms with Gasteiger partial charge in [-0.05, 0) is 41.0 Å². The van der Waals surface area contributed by atoms with Gasteiger partial charge in [-0.25, -0.2) is 0 Å². The standard InChI is InChI=1S/C24H26N2O8/c27-10-19-21(28)22(29)23(30)24(34-19)14-2-4-17(33-20-11-31-12-26-20)15(9-14)7-13-1-3-18-16(8-13)25-5-6-32-18/h1-4,8-9,11-12,19,21-25,27-30H,5-7,10H2/t19-,21?,22?,23-,24+/m1/s1. The second-order valence-corrected chi connectivity index (χ2v) is 8.33. The third kappa shape index (κ3) is 4.46. The number of anilines is 1. The van der Waals surface area contributed by atoms with Crippen LogP contribution in [-0.4, -0.2) is 69.6 Å². The van der Waals surface area contributed by atoms with Crippen molar-refractivity contribution in [3.63, 3.8) is 0 Å². The van der Waals surface area contributed by atoms with E-state index in [1.165, 1.54) is 12.7 Å². The molecule has 10 nitrogen and oxygen atoms in total. The molecule has 3 aromatic rings. The van der Waals surface area contributed by atoms with Crippen molar-refractivity contribution in [3.8, 4) is 17.4 Å². The average Bonchev–Trinajstić information content (AvgIpc) is 3.37. The molecule has 5 rings (SSSR count). The molecule has 0 radical (unpaired) electrons. The Morgan fingerprint density at radius 3 is 2.74 bits per heavy atom. The van der Waals surface area contributed by atoms with Crippen molar-refractivity contribution < 1.29 is 39.1 Å². The highest BCUT2D eigenvalue weighted by Gasteiger charge is 2.44. The van der Waals surface area contributed by atoms with E-state index in [0.29, 0.717) is 30.2 Å². The summed E-state index contributed by atoms with van der Waals surface area (Å²) in [7, 11) is 0. The van der Waals surface area contributed by atoms with Crippen molar-refractivity contribution in [1.29, 1.82) is 0 Å². The SMILES string of the molecule is OC[C@H]1O[C@@H](c2ccc(Oc3cocn3)c(Cc3ccc4c(c3)NCCO4)c2)[C@H](O)C(O)C1O. The third-order valence-corrected chi connectivity index (χ3v) is 6.04. The quantitative estimate of drug-likeness (QED) is 0.358. The molecule has 2 unspecified atom stereocenters. The molecule has 1 fully saturated rings. The minimum absolute atomic E-state index is 0.294. The zero-order valence-electron chi connectivity index (χ0n) is 18.2. The second-order valence-electron chi connectivity index (χ2n) is 8.33. The summed E-state index contributed by atoms with van der Waals surface area (Å²) in [6.45, 7) is 0.846. The van der Waals surface area contributed by atoms with E-state index in [2.05, 4.69) is 10.3 Å². The Morgan fingerprint density at radius 2 is 1.94 bits per heavy atom. The van der Waals surface area contributed by atoms with Crippen molar-refractivity contribution in [2.75, 3.05) is 25.1 Å². The van der Waals surface area contributed by atoms with Gasteiger partial charge in [0.05, 0.1) is 12.3 Å². The summed E-state index contributed by atoms with van der Waals surface area (Å²) in [4.78, 5) is 4.01. The molecule has 3 heterocycles. The molecule has 1 aromatic heterocycles. The average molecular weight is 470 g/mol. The Hall–Kier alpha value is -3.15. The highest BCUT2D eigenvalue weighted by molar-refractivity contribution is 5.60. The van der Waals surface area contributed by atoms with Crippen molar-refractivity contribution in [3.05, 3.63) is 65.7 Å². The highest BCUT2D eigenvalue weighted by Crippen LogP contribution is 2.37. The summed E-state index contributed by atoms with van der Waals surface area (Å²) in [5.41, 5.74) is 3.24. The number of rotatable bonds is 6. The van der Waals surface area contributed by atoms with Crippen LogP contribution in [0.25, 0.3) is 0 Å². The van der Waals surface area contributed by atoms with Gasteiger partial charge in [0.15, 0.2) is 12.7 Å². The number of nitrogens with one attached hydrogen (secondary N) is 1. The van der Waals surface area contributed by atoms with Crippen molar-refractivity contribution in [2.24, 2.45) is 0 Å². The van der Waals surface area contributed by atoms with Crippen LogP contribution in [0.15, 0.2) is 53.5 Å². The third-order valence-electron chi connectivity index (χ3n) is 6.04. The van der Waals surface area contributed by atoms with Crippen LogP contribution >= 0.6 is 0 Å². The van der Waals surface area contributed by atoms with Gasteiger partial charge >= 0.3 is 0 Å². The van der Waals surface area contributed by atoms with Crippen LogP contribution in [0.4, 0.5) is 5.69 Å². The van der Waals surface area contributed by atoms with Crippen LogP contribution in [0.2, 0.25) is 0 Å². The molecule has 5 N–H and O–H groups in total. The van der Waals surface area contributed by atoms with Gasteiger partial charge in [-0.1, -0.05) is 12.1 Å². The zero-order chi connectivity index (χ0) is 23.7. The van der Waals surface area contributed by atoms with Crippen LogP contribution in [-0.2, 0) is 11.2 Å². The van der Waals surface area contributed by atoms with Gasteiger partial charge in [-0.15, -0.1) is 0 Å². The van der Waals surface area contributed by atoms with E-state index < -0.39 is 37.1 Å². The normalized spacial score (nSPS) is 26.3. The topological polar surface area (TPSA) is 147 Å². The van der Waals surface area contributed by atoms with E-state index in [0.717, 1.165) is 29.1 Å². The minimum atomic E-state index is -1.46. The first kappa shape index (κ1) is 22.6. The summed E-state index contributed by atoms with van der Waals surface area (Å²) in [6, 6.07) is 11.1. The smallest absolute Gasteiger partial charge is 0.258 e. The van der Waals surface area contributed by atoms with E-state index in [-0.39, 0.29) is 0 Å². The molecule has 180 valence electrons. The van der Waals surface area contributed by atoms with E-state index >= 15 is 0 Å². The first-order valence-corrected chi connectivity index (χ1v) is 11.0. The van der Waals surface area contributed by atoms with E-state index in [1.54, 1.807) is 12.1 Å². The second kappa shape index (κ2) is 9.61. The van der Waals surface area contributed by atoms with Gasteiger partial charge in [-0.3, -0.25) is 0 Å². The van der Waals surface area contributed by atoms with Crippen LogP contribution in [0.5, 0.6) is 17.4 Å². The van der Waals surface area contributed by atoms with Crippen LogP contribution in [0.3, 0.4) is 0 Å². The number of nitrogens with zero attached hydrogens (tertiary/aromatic N) is 1. The number of hydrogen-bond donors (Lipinski definition) is 5. The maximum absolute atomic E-state index is 10.6. The number of oxazole rings is 1. The number of ether oxygens (including phenoxy) is 3. The highest BCUT2D eigenvalue weighted by atomic mass is 16.5. The first-order chi connectivity index (χ1) is 16.5. The summed E-state index contributed by atoms with van der Waals surface area (Å²) in [5, 5.41) is 43.8. The molecule has 0 spiro atoms. The maximum atomic E-state index is 10.6. The number of benzene rings is 2. The Kier molecular flexibility index (Phi) is 6.40. The fourth-order valence-corrected chi connectivity index (χ4v) is 4.27. The van der Waals surface area contributed by atoms with E-state index in [4.69, 9.17) is 18.6 Å². The summed E-state index contributed by atoms with van der Waals surface area (Å²) < 4.78 is 22.3. The molecular weight excluding hydrogens is 444 g/mol. The van der Waals surface area contributed by atoms with Gasteiger partial charge < -0.3 is 44.4 Å². The van der Waals surface area contributed by atoms with Crippen molar-refractivity contribution in [1.82, 2.24) is 4.98 Å². The first-order valence-electron chi connectivity index (χ1n) is 11.0. The van der Waals surface area contributed by atoms with E-state index in [1.807, 2.05) is 24.3 Å². The number of aliphatic hydroxyl groups excluding tert-OH is 4. The summed E-state index contributed by atoms with van der Waals surface area (Å²) in [5.74, 6) is 1.62. The Balaban J connectivity index is 1.48. The molecule has 2 aliphatic rings. The molecule has 1 saturated heterocycles. The van der Waals surface area contributed by atoms with Crippen LogP contribution in [0, 0.1) is 0 Å². The minimum Gasteiger partial charge on any atom is -0.490 e. The van der Waals surface area contributed by atoms with Gasteiger partial charge in [0.2, 0.25) is 0 Å². The lowest BCUT2D eigenvalue weighted by molar-refractivity contribution is -0.231. The Morgan fingerprint density at radius 1 is 1.06 bits per heavy atom. The van der Waals surface area contributed by atoms with Crippen LogP contribution in [0.1, 0.15) is 22.8 Å². The van der Waals surface area contributed by atoms with E-state index in [9.17, 15) is 20.4 Å². The lowest BCUT2D eigenvalue weighted by Gasteiger charge is -2.40. The fourth-order valence-electron chi connectivity index (χ4n) is 4.27. The van der Waals surface area contributed by atoms with Gasteiger partial charge in [-0.2, -0.15) is 4.98 Å². The van der Waals surface area contributed by atoms with Gasteiger partial charge in [0, 0.05) is 13.0 Å². The molecule has 0 bridgehead atoms. The zero-order valence-corrected chi connectivity index (χ0v) is 18.2. The predicted molar refractivity (Wildman–Crippen MR) is 119 cm³/mol. The number of aromatic nitrogens is 1. The fraction of sp³-hybridized carbons (Fsp3) is 0.375. The van der Waals surface area contributed by atoms with Gasteiger partial charge in [0.25, 0.3) is 5.88 Å². The van der Waals surface area contributed by atoms with Crippen molar-refractivity contribution in [2.45, 2.75) is 36.9 Å². The molecule has 0 amide bonds. The summed E-state index contributed by atoms with van der Waals surface area (Å²) in [6.07, 6.45) is -3.07. The predicted octanol–water partition coefficient (Wildman–Crippen LogP) is 1.38. The largest absolute Gasteiger partial charge is 0.490 e. The Bertz CT molecular complexity index is 1120. The number of fused-ring (bicyclic) bond motifs is 1. The molecule has 0 aliphatic carbocycles.